The highest BCUT2D eigenvalue weighted by Gasteiger charge is 2.31. The van der Waals surface area contributed by atoms with Gasteiger partial charge < -0.3 is 0 Å². The van der Waals surface area contributed by atoms with Crippen LogP contribution in [0.1, 0.15) is 21.5 Å². The largest absolute Gasteiger partial charge is 0.293 e. The van der Waals surface area contributed by atoms with Gasteiger partial charge in [0.25, 0.3) is 0 Å². The molecule has 3 heteroatoms. The minimum absolute atomic E-state index is 0.0647. The quantitative estimate of drug-likeness (QED) is 0.779. The number of thioether (sulfide) groups is 1. The normalized spacial score (nSPS) is 17.3. The van der Waals surface area contributed by atoms with Crippen molar-refractivity contribution < 1.29 is 4.79 Å². The first-order valence-corrected chi connectivity index (χ1v) is 7.42. The lowest BCUT2D eigenvalue weighted by Gasteiger charge is -2.08. The number of carbonyl (C=O) groups is 1. The first-order valence-electron chi connectivity index (χ1n) is 6.14. The van der Waals surface area contributed by atoms with Crippen molar-refractivity contribution in [1.82, 2.24) is 0 Å². The second-order valence-corrected chi connectivity index (χ2v) is 6.37. The molecule has 0 spiro atoms. The Morgan fingerprint density at radius 2 is 1.74 bits per heavy atom. The van der Waals surface area contributed by atoms with Gasteiger partial charge in [0.1, 0.15) is 0 Å². The summed E-state index contributed by atoms with van der Waals surface area (Å²) in [6.45, 7) is 0. The number of ketones is 1. The van der Waals surface area contributed by atoms with Gasteiger partial charge in [0, 0.05) is 5.56 Å². The van der Waals surface area contributed by atoms with Crippen LogP contribution in [0.15, 0.2) is 54.6 Å². The van der Waals surface area contributed by atoms with Crippen molar-refractivity contribution in [2.24, 2.45) is 0 Å². The van der Waals surface area contributed by atoms with E-state index in [2.05, 4.69) is 0 Å². The molecule has 0 radical (unpaired) electrons. The molecule has 0 saturated heterocycles. The average molecular weight is 284 g/mol. The predicted octanol–water partition coefficient (Wildman–Crippen LogP) is 3.90. The molecule has 19 heavy (non-hydrogen) atoms. The van der Waals surface area contributed by atoms with Gasteiger partial charge in [-0.3, -0.25) is 4.79 Å². The van der Waals surface area contributed by atoms with Crippen molar-refractivity contribution in [3.63, 3.8) is 0 Å². The molecule has 0 saturated carbocycles. The van der Waals surface area contributed by atoms with Crippen LogP contribution in [0.3, 0.4) is 0 Å². The molecule has 0 aromatic heterocycles. The van der Waals surface area contributed by atoms with Crippen LogP contribution < -0.4 is 0 Å². The molecule has 2 aromatic carbocycles. The van der Waals surface area contributed by atoms with Gasteiger partial charge in [-0.05, 0) is 17.5 Å². The maximum atomic E-state index is 12.3. The van der Waals surface area contributed by atoms with Crippen molar-refractivity contribution in [2.45, 2.75) is 11.7 Å². The Balaban J connectivity index is 1.77. The van der Waals surface area contributed by atoms with Gasteiger partial charge in [-0.25, -0.2) is 0 Å². The molecule has 0 bridgehead atoms. The second-order valence-electron chi connectivity index (χ2n) is 4.49. The molecular weight excluding hydrogens is 272 g/mol. The first kappa shape index (κ1) is 12.6. The number of fused-ring (bicyclic) bond motifs is 1. The van der Waals surface area contributed by atoms with Crippen molar-refractivity contribution in [3.8, 4) is 0 Å². The number of carbonyl (C=O) groups excluding carboxylic acids is 1. The van der Waals surface area contributed by atoms with E-state index in [1.807, 2.05) is 54.6 Å². The lowest BCUT2D eigenvalue weighted by molar-refractivity contribution is 0.100. The number of benzene rings is 2. The van der Waals surface area contributed by atoms with Gasteiger partial charge in [0.05, 0.1) is 9.45 Å². The summed E-state index contributed by atoms with van der Waals surface area (Å²) in [6, 6.07) is 17.7. The number of hydrogen-bond donors (Lipinski definition) is 0. The molecule has 0 amide bonds. The highest BCUT2D eigenvalue weighted by Crippen LogP contribution is 2.32. The number of rotatable bonds is 2. The van der Waals surface area contributed by atoms with Crippen LogP contribution in [0, 0.1) is 0 Å². The van der Waals surface area contributed by atoms with Crippen molar-refractivity contribution in [3.05, 3.63) is 71.3 Å². The van der Waals surface area contributed by atoms with E-state index in [4.69, 9.17) is 12.2 Å². The summed E-state index contributed by atoms with van der Waals surface area (Å²) in [7, 11) is 0. The summed E-state index contributed by atoms with van der Waals surface area (Å²) in [5, 5.41) is -0.0647. The maximum absolute atomic E-state index is 12.3. The van der Waals surface area contributed by atoms with Crippen LogP contribution in [0.5, 0.6) is 0 Å². The van der Waals surface area contributed by atoms with Crippen LogP contribution in [0.25, 0.3) is 0 Å². The van der Waals surface area contributed by atoms with Gasteiger partial charge in [-0.1, -0.05) is 66.8 Å². The monoisotopic (exact) mass is 284 g/mol. The fourth-order valence-electron chi connectivity index (χ4n) is 2.27. The van der Waals surface area contributed by atoms with Crippen LogP contribution in [-0.4, -0.2) is 15.2 Å². The third kappa shape index (κ3) is 2.48. The van der Waals surface area contributed by atoms with Crippen LogP contribution in [0.4, 0.5) is 0 Å². The fourth-order valence-corrected chi connectivity index (χ4v) is 3.78. The van der Waals surface area contributed by atoms with E-state index in [0.29, 0.717) is 0 Å². The van der Waals surface area contributed by atoms with E-state index in [1.165, 1.54) is 11.8 Å². The number of Topliss-reactive ketones (excluding diaryl/α,β-unsaturated/α-hetero) is 1. The SMILES string of the molecule is O=C1c2ccccc2C[C@H]1SC(=S)c1ccccc1. The van der Waals surface area contributed by atoms with Gasteiger partial charge in [0.15, 0.2) is 5.78 Å². The van der Waals surface area contributed by atoms with Crippen molar-refractivity contribution in [2.75, 3.05) is 0 Å². The number of thiocarbonyl (C=S) groups is 1. The fraction of sp³-hybridized carbons (Fsp3) is 0.125. The number of hydrogen-bond acceptors (Lipinski definition) is 3. The van der Waals surface area contributed by atoms with E-state index >= 15 is 0 Å². The summed E-state index contributed by atoms with van der Waals surface area (Å²) < 4.78 is 0.798. The average Bonchev–Trinajstić information content (AvgIpc) is 2.77. The summed E-state index contributed by atoms with van der Waals surface area (Å²) in [6.07, 6.45) is 0.784. The van der Waals surface area contributed by atoms with Gasteiger partial charge in [-0.2, -0.15) is 0 Å². The Kier molecular flexibility index (Phi) is 3.49. The maximum Gasteiger partial charge on any atom is 0.176 e. The summed E-state index contributed by atoms with van der Waals surface area (Å²) in [5.41, 5.74) is 3.02. The van der Waals surface area contributed by atoms with Crippen LogP contribution in [0.2, 0.25) is 0 Å². The summed E-state index contributed by atoms with van der Waals surface area (Å²) in [5.74, 6) is 0.207. The standard InChI is InChI=1S/C16H12OS2/c17-15-13-9-5-4-8-12(13)10-14(15)19-16(18)11-6-2-1-3-7-11/h1-9,14H,10H2/t14-/m1/s1. The predicted molar refractivity (Wildman–Crippen MR) is 84.0 cm³/mol. The van der Waals surface area contributed by atoms with Crippen LogP contribution >= 0.6 is 24.0 Å². The Hall–Kier alpha value is -1.45. The summed E-state index contributed by atoms with van der Waals surface area (Å²) >= 11 is 6.94. The second kappa shape index (κ2) is 5.27. The van der Waals surface area contributed by atoms with Crippen molar-refractivity contribution >= 4 is 34.0 Å². The van der Waals surface area contributed by atoms with Gasteiger partial charge in [-0.15, -0.1) is 11.8 Å². The molecule has 0 aliphatic heterocycles. The zero-order chi connectivity index (χ0) is 13.2. The van der Waals surface area contributed by atoms with E-state index in [0.717, 1.165) is 27.3 Å². The molecule has 1 aliphatic rings. The molecular formula is C16H12OS2. The minimum atomic E-state index is -0.0647. The highest BCUT2D eigenvalue weighted by molar-refractivity contribution is 8.24. The Morgan fingerprint density at radius 1 is 1.05 bits per heavy atom. The molecule has 2 aromatic rings. The van der Waals surface area contributed by atoms with E-state index in [1.54, 1.807) is 0 Å². The minimum Gasteiger partial charge on any atom is -0.293 e. The van der Waals surface area contributed by atoms with Gasteiger partial charge >= 0.3 is 0 Å². The molecule has 0 N–H and O–H groups in total. The third-order valence-corrected chi connectivity index (χ3v) is 4.88. The van der Waals surface area contributed by atoms with E-state index in [-0.39, 0.29) is 11.0 Å². The Labute approximate surface area is 122 Å². The molecule has 3 rings (SSSR count). The first-order chi connectivity index (χ1) is 9.25. The summed E-state index contributed by atoms with van der Waals surface area (Å²) in [4.78, 5) is 12.3. The third-order valence-electron chi connectivity index (χ3n) is 3.24. The topological polar surface area (TPSA) is 17.1 Å². The molecule has 94 valence electrons. The Bertz CT molecular complexity index is 634. The lowest BCUT2D eigenvalue weighted by atomic mass is 10.1. The zero-order valence-electron chi connectivity index (χ0n) is 10.2. The molecule has 0 heterocycles. The molecule has 1 nitrogen and oxygen atoms in total. The molecule has 0 unspecified atom stereocenters. The molecule has 1 atom stereocenters. The lowest BCUT2D eigenvalue weighted by Crippen LogP contribution is -2.14. The van der Waals surface area contributed by atoms with E-state index < -0.39 is 0 Å². The zero-order valence-corrected chi connectivity index (χ0v) is 11.8. The highest BCUT2D eigenvalue weighted by atomic mass is 32.2. The van der Waals surface area contributed by atoms with Crippen molar-refractivity contribution in [1.29, 1.82) is 0 Å². The molecule has 0 fully saturated rings. The smallest absolute Gasteiger partial charge is 0.176 e. The van der Waals surface area contributed by atoms with Gasteiger partial charge in [0.2, 0.25) is 0 Å². The Morgan fingerprint density at radius 3 is 2.47 bits per heavy atom. The molecule has 1 aliphatic carbocycles. The van der Waals surface area contributed by atoms with Crippen LogP contribution in [-0.2, 0) is 6.42 Å². The van der Waals surface area contributed by atoms with E-state index in [9.17, 15) is 4.79 Å².